The zero-order valence-corrected chi connectivity index (χ0v) is 6.90. The van der Waals surface area contributed by atoms with Gasteiger partial charge in [0.25, 0.3) is 0 Å². The first-order chi connectivity index (χ1) is 4.83. The fourth-order valence-electron chi connectivity index (χ4n) is 0.908. The number of hydrogen-bond donors (Lipinski definition) is 3. The van der Waals surface area contributed by atoms with Gasteiger partial charge in [0, 0.05) is 0 Å². The molecule has 0 aliphatic carbocycles. The molecule has 3 N–H and O–H groups in total. The van der Waals surface area contributed by atoms with Gasteiger partial charge in [0.2, 0.25) is 0 Å². The van der Waals surface area contributed by atoms with Crippen LogP contribution in [0.25, 0.3) is 0 Å². The average Bonchev–Trinajstić information content (AvgIpc) is 1.84. The highest BCUT2D eigenvalue weighted by atomic mass is 16.4. The molecule has 0 aromatic carbocycles. The molecule has 0 saturated carbocycles. The molecule has 0 spiro atoms. The molecule has 0 aliphatic rings. The maximum Gasteiger partial charge on any atom is 0.338 e. The first-order valence-corrected chi connectivity index (χ1v) is 3.47. The lowest BCUT2D eigenvalue weighted by atomic mass is 9.86. The second-order valence-corrected chi connectivity index (χ2v) is 2.96. The summed E-state index contributed by atoms with van der Waals surface area (Å²) in [6, 6.07) is 0. The van der Waals surface area contributed by atoms with E-state index >= 15 is 0 Å². The van der Waals surface area contributed by atoms with Gasteiger partial charge < -0.3 is 15.3 Å². The number of carboxylic acid groups (broad SMARTS) is 1. The van der Waals surface area contributed by atoms with Crippen molar-refractivity contribution in [3.63, 3.8) is 0 Å². The van der Waals surface area contributed by atoms with Gasteiger partial charge >= 0.3 is 5.97 Å². The van der Waals surface area contributed by atoms with Crippen LogP contribution in [-0.2, 0) is 4.79 Å². The minimum Gasteiger partial charge on any atom is -0.479 e. The predicted molar refractivity (Wildman–Crippen MR) is 39.1 cm³/mol. The molecule has 0 heterocycles. The van der Waals surface area contributed by atoms with E-state index in [0.29, 0.717) is 0 Å². The molecule has 0 amide bonds. The fourth-order valence-corrected chi connectivity index (χ4v) is 0.908. The number of carboxylic acids is 1. The molecule has 66 valence electrons. The third-order valence-electron chi connectivity index (χ3n) is 1.86. The summed E-state index contributed by atoms with van der Waals surface area (Å²) in [5.41, 5.74) is -2.03. The van der Waals surface area contributed by atoms with Crippen LogP contribution in [0.1, 0.15) is 20.8 Å². The van der Waals surface area contributed by atoms with Crippen LogP contribution < -0.4 is 0 Å². The van der Waals surface area contributed by atoms with Gasteiger partial charge in [-0.25, -0.2) is 4.79 Å². The first-order valence-electron chi connectivity index (χ1n) is 3.47. The number of aliphatic hydroxyl groups is 2. The Kier molecular flexibility index (Phi) is 3.02. The van der Waals surface area contributed by atoms with Crippen molar-refractivity contribution in [3.05, 3.63) is 0 Å². The van der Waals surface area contributed by atoms with E-state index in [9.17, 15) is 9.90 Å². The Balaban J connectivity index is 4.67. The highest BCUT2D eigenvalue weighted by molar-refractivity contribution is 5.78. The van der Waals surface area contributed by atoms with Crippen LogP contribution in [0.15, 0.2) is 0 Å². The van der Waals surface area contributed by atoms with Crippen molar-refractivity contribution in [2.75, 3.05) is 0 Å². The average molecular weight is 162 g/mol. The van der Waals surface area contributed by atoms with E-state index in [2.05, 4.69) is 0 Å². The van der Waals surface area contributed by atoms with Gasteiger partial charge in [-0.1, -0.05) is 13.8 Å². The number of aliphatic carboxylic acids is 1. The zero-order valence-electron chi connectivity index (χ0n) is 6.90. The molecule has 0 aromatic heterocycles. The molecule has 0 bridgehead atoms. The van der Waals surface area contributed by atoms with E-state index in [1.807, 2.05) is 0 Å². The summed E-state index contributed by atoms with van der Waals surface area (Å²) in [5, 5.41) is 26.9. The van der Waals surface area contributed by atoms with Crippen LogP contribution >= 0.6 is 0 Å². The Hall–Kier alpha value is -0.610. The molecule has 0 rings (SSSR count). The van der Waals surface area contributed by atoms with Crippen molar-refractivity contribution >= 4 is 5.97 Å². The SMILES string of the molecule is CC(C)[C@@](O)(C(=O)O)[C@@H](C)O. The third-order valence-corrected chi connectivity index (χ3v) is 1.86. The smallest absolute Gasteiger partial charge is 0.338 e. The number of aliphatic hydroxyl groups excluding tert-OH is 1. The van der Waals surface area contributed by atoms with E-state index in [-0.39, 0.29) is 0 Å². The molecule has 2 atom stereocenters. The highest BCUT2D eigenvalue weighted by Crippen LogP contribution is 2.21. The van der Waals surface area contributed by atoms with Gasteiger partial charge in [-0.05, 0) is 12.8 Å². The minimum absolute atomic E-state index is 0.514. The maximum atomic E-state index is 10.5. The van der Waals surface area contributed by atoms with Crippen molar-refractivity contribution < 1.29 is 20.1 Å². The van der Waals surface area contributed by atoms with Gasteiger partial charge in [-0.15, -0.1) is 0 Å². The van der Waals surface area contributed by atoms with Crippen LogP contribution in [0.2, 0.25) is 0 Å². The molecular formula is C7H14O4. The van der Waals surface area contributed by atoms with Crippen LogP contribution in [0.5, 0.6) is 0 Å². The fraction of sp³-hybridized carbons (Fsp3) is 0.857. The molecule has 0 fully saturated rings. The molecule has 0 radical (unpaired) electrons. The normalized spacial score (nSPS) is 19.5. The summed E-state index contributed by atoms with van der Waals surface area (Å²) < 4.78 is 0. The molecule has 0 aromatic rings. The molecule has 4 heteroatoms. The number of rotatable bonds is 3. The lowest BCUT2D eigenvalue weighted by molar-refractivity contribution is -0.177. The van der Waals surface area contributed by atoms with E-state index < -0.39 is 23.6 Å². The highest BCUT2D eigenvalue weighted by Gasteiger charge is 2.44. The Morgan fingerprint density at radius 2 is 1.73 bits per heavy atom. The summed E-state index contributed by atoms with van der Waals surface area (Å²) in [5.74, 6) is -1.90. The summed E-state index contributed by atoms with van der Waals surface area (Å²) >= 11 is 0. The van der Waals surface area contributed by atoms with Crippen LogP contribution in [0.3, 0.4) is 0 Å². The number of carbonyl (C=O) groups is 1. The summed E-state index contributed by atoms with van der Waals surface area (Å²) in [4.78, 5) is 10.5. The maximum absolute atomic E-state index is 10.5. The molecule has 0 saturated heterocycles. The summed E-state index contributed by atoms with van der Waals surface area (Å²) in [6.07, 6.45) is -1.26. The van der Waals surface area contributed by atoms with Crippen LogP contribution in [0.4, 0.5) is 0 Å². The van der Waals surface area contributed by atoms with Gasteiger partial charge in [0.1, 0.15) is 0 Å². The molecule has 4 nitrogen and oxygen atoms in total. The Morgan fingerprint density at radius 3 is 1.73 bits per heavy atom. The predicted octanol–water partition coefficient (Wildman–Crippen LogP) is -0.161. The van der Waals surface area contributed by atoms with Crippen LogP contribution in [0, 0.1) is 5.92 Å². The van der Waals surface area contributed by atoms with Crippen molar-refractivity contribution in [1.29, 1.82) is 0 Å². The van der Waals surface area contributed by atoms with E-state index in [1.165, 1.54) is 6.92 Å². The second kappa shape index (κ2) is 3.19. The van der Waals surface area contributed by atoms with Crippen LogP contribution in [-0.4, -0.2) is 33.0 Å². The van der Waals surface area contributed by atoms with Crippen molar-refractivity contribution in [2.24, 2.45) is 5.92 Å². The standard InChI is InChI=1S/C7H14O4/c1-4(2)7(11,5(3)8)6(9)10/h4-5,8,11H,1-3H3,(H,9,10)/t5-,7+/m1/s1. The third kappa shape index (κ3) is 1.70. The first kappa shape index (κ1) is 10.4. The summed E-state index contributed by atoms with van der Waals surface area (Å²) in [6.45, 7) is 4.34. The minimum atomic E-state index is -2.03. The largest absolute Gasteiger partial charge is 0.479 e. The lowest BCUT2D eigenvalue weighted by Gasteiger charge is -2.29. The molecule has 11 heavy (non-hydrogen) atoms. The van der Waals surface area contributed by atoms with Gasteiger partial charge in [0.15, 0.2) is 5.60 Å². The van der Waals surface area contributed by atoms with E-state index in [4.69, 9.17) is 10.2 Å². The van der Waals surface area contributed by atoms with Crippen molar-refractivity contribution in [3.8, 4) is 0 Å². The van der Waals surface area contributed by atoms with E-state index in [1.54, 1.807) is 13.8 Å². The van der Waals surface area contributed by atoms with Gasteiger partial charge in [-0.3, -0.25) is 0 Å². The Morgan fingerprint density at radius 1 is 1.36 bits per heavy atom. The second-order valence-electron chi connectivity index (χ2n) is 2.96. The monoisotopic (exact) mass is 162 g/mol. The molecular weight excluding hydrogens is 148 g/mol. The van der Waals surface area contributed by atoms with Crippen molar-refractivity contribution in [1.82, 2.24) is 0 Å². The Labute approximate surface area is 65.5 Å². The number of hydrogen-bond acceptors (Lipinski definition) is 3. The molecule has 0 aliphatic heterocycles. The zero-order chi connectivity index (χ0) is 9.23. The van der Waals surface area contributed by atoms with E-state index in [0.717, 1.165) is 0 Å². The van der Waals surface area contributed by atoms with Gasteiger partial charge in [-0.2, -0.15) is 0 Å². The Bertz CT molecular complexity index is 143. The topological polar surface area (TPSA) is 77.8 Å². The van der Waals surface area contributed by atoms with Gasteiger partial charge in [0.05, 0.1) is 6.10 Å². The quantitative estimate of drug-likeness (QED) is 0.538. The molecule has 0 unspecified atom stereocenters. The summed E-state index contributed by atoms with van der Waals surface area (Å²) in [7, 11) is 0. The van der Waals surface area contributed by atoms with Crippen molar-refractivity contribution in [2.45, 2.75) is 32.5 Å². The lowest BCUT2D eigenvalue weighted by Crippen LogP contribution is -2.52.